The molecular formula is C31H44ILiO4. The first-order valence-electron chi connectivity index (χ1n) is 13.9. The van der Waals surface area contributed by atoms with E-state index in [9.17, 15) is 14.4 Å². The molecule has 0 N–H and O–H groups in total. The van der Waals surface area contributed by atoms with Crippen LogP contribution in [0.5, 0.6) is 0 Å². The molecule has 0 aromatic carbocycles. The first-order valence-corrected chi connectivity index (χ1v) is 15.0. The first kappa shape index (κ1) is 29.9. The summed E-state index contributed by atoms with van der Waals surface area (Å²) in [5.74, 6) is 1.29. The predicted octanol–water partition coefficient (Wildman–Crippen LogP) is 4.23. The topological polar surface area (TPSA) is 60.4 Å². The van der Waals surface area contributed by atoms with Gasteiger partial charge in [-0.25, -0.2) is 0 Å². The van der Waals surface area contributed by atoms with Crippen molar-refractivity contribution in [3.8, 4) is 0 Å². The third-order valence-corrected chi connectivity index (χ3v) is 15.6. The number of halogens is 1. The van der Waals surface area contributed by atoms with Crippen molar-refractivity contribution in [3.05, 3.63) is 17.6 Å². The SMILES string of the molecule is COC(=O)[C@]12CCC(C)(C)C[C-]1C1C(=O)C=C3[C@@]4(C)CCC(=O)C(C)(C)[C@]4(I)CC[C@@]3(C)[C@]1(C)CC2.[Li+]. The van der Waals surface area contributed by atoms with Gasteiger partial charge in [0, 0.05) is 20.7 Å². The van der Waals surface area contributed by atoms with Crippen molar-refractivity contribution in [2.75, 3.05) is 7.11 Å². The Hall–Kier alpha value is -0.123. The molecule has 5 aliphatic rings. The smallest absolute Gasteiger partial charge is 0.470 e. The van der Waals surface area contributed by atoms with Crippen LogP contribution in [0.3, 0.4) is 0 Å². The second-order valence-corrected chi connectivity index (χ2v) is 16.6. The number of carbonyl (C=O) groups is 3. The van der Waals surface area contributed by atoms with Crippen LogP contribution in [0, 0.1) is 44.3 Å². The Morgan fingerprint density at radius 3 is 2.16 bits per heavy atom. The van der Waals surface area contributed by atoms with E-state index in [1.165, 1.54) is 12.7 Å². The van der Waals surface area contributed by atoms with E-state index >= 15 is 0 Å². The summed E-state index contributed by atoms with van der Waals surface area (Å²) in [5, 5.41) is 0. The van der Waals surface area contributed by atoms with Gasteiger partial charge in [0.2, 0.25) is 0 Å². The van der Waals surface area contributed by atoms with Gasteiger partial charge in [-0.2, -0.15) is 6.42 Å². The van der Waals surface area contributed by atoms with E-state index in [-0.39, 0.29) is 61.6 Å². The third kappa shape index (κ3) is 3.47. The summed E-state index contributed by atoms with van der Waals surface area (Å²) in [4.78, 5) is 40.9. The molecule has 1 unspecified atom stereocenters. The summed E-state index contributed by atoms with van der Waals surface area (Å²) < 4.78 is 5.20. The largest absolute Gasteiger partial charge is 1.00 e. The van der Waals surface area contributed by atoms with Crippen molar-refractivity contribution in [1.82, 2.24) is 0 Å². The van der Waals surface area contributed by atoms with Crippen LogP contribution in [0.15, 0.2) is 11.6 Å². The molecule has 0 heterocycles. The molecule has 0 saturated heterocycles. The number of methoxy groups -OCH3 is 1. The van der Waals surface area contributed by atoms with Gasteiger partial charge in [0.1, 0.15) is 11.6 Å². The predicted molar refractivity (Wildman–Crippen MR) is 149 cm³/mol. The maximum Gasteiger partial charge on any atom is 1.00 e. The van der Waals surface area contributed by atoms with Crippen LogP contribution in [0.25, 0.3) is 0 Å². The van der Waals surface area contributed by atoms with Crippen molar-refractivity contribution in [2.24, 2.45) is 38.4 Å². The molecule has 0 amide bonds. The van der Waals surface area contributed by atoms with E-state index < -0.39 is 10.8 Å². The van der Waals surface area contributed by atoms with Crippen LogP contribution < -0.4 is 18.9 Å². The summed E-state index contributed by atoms with van der Waals surface area (Å²) in [5.41, 5.74) is -0.325. The zero-order valence-corrected chi connectivity index (χ0v) is 26.7. The van der Waals surface area contributed by atoms with Gasteiger partial charge >= 0.3 is 18.9 Å². The zero-order chi connectivity index (χ0) is 26.7. The van der Waals surface area contributed by atoms with Crippen molar-refractivity contribution in [2.45, 2.75) is 110 Å². The number of rotatable bonds is 1. The molecule has 0 aromatic rings. The van der Waals surface area contributed by atoms with Gasteiger partial charge in [-0.05, 0) is 36.2 Å². The summed E-state index contributed by atoms with van der Waals surface area (Å²) in [6, 6.07) is 0. The third-order valence-electron chi connectivity index (χ3n) is 12.5. The Kier molecular flexibility index (Phi) is 7.01. The van der Waals surface area contributed by atoms with Gasteiger partial charge in [0.25, 0.3) is 5.97 Å². The van der Waals surface area contributed by atoms with E-state index in [4.69, 9.17) is 4.74 Å². The number of allylic oxidation sites excluding steroid dienone is 2. The van der Waals surface area contributed by atoms with E-state index in [1.54, 1.807) is 0 Å². The number of alkyl halides is 1. The number of esters is 1. The average molecular weight is 615 g/mol. The zero-order valence-electron chi connectivity index (χ0n) is 24.5. The number of ether oxygens (including phenoxy) is 1. The van der Waals surface area contributed by atoms with Gasteiger partial charge in [-0.1, -0.05) is 119 Å². The minimum Gasteiger partial charge on any atom is -0.470 e. The van der Waals surface area contributed by atoms with Crippen LogP contribution in [0.4, 0.5) is 0 Å². The molecule has 0 radical (unpaired) electrons. The van der Waals surface area contributed by atoms with E-state index in [0.717, 1.165) is 57.3 Å². The fourth-order valence-corrected chi connectivity index (χ4v) is 10.9. The van der Waals surface area contributed by atoms with Gasteiger partial charge in [-0.15, -0.1) is 0 Å². The van der Waals surface area contributed by atoms with Crippen LogP contribution in [0.2, 0.25) is 0 Å². The van der Waals surface area contributed by atoms with E-state index in [1.807, 2.05) is 6.08 Å². The average Bonchev–Trinajstić information content (AvgIpc) is 2.80. The first-order chi connectivity index (χ1) is 16.5. The van der Waals surface area contributed by atoms with E-state index in [2.05, 4.69) is 71.1 Å². The molecule has 4 fully saturated rings. The van der Waals surface area contributed by atoms with Crippen molar-refractivity contribution in [1.29, 1.82) is 0 Å². The Morgan fingerprint density at radius 1 is 0.919 bits per heavy atom. The van der Waals surface area contributed by atoms with Crippen molar-refractivity contribution >= 4 is 40.1 Å². The second-order valence-electron chi connectivity index (χ2n) is 14.8. The molecule has 0 aromatic heterocycles. The number of hydrogen-bond acceptors (Lipinski definition) is 4. The molecule has 6 atom stereocenters. The van der Waals surface area contributed by atoms with Gasteiger partial charge in [0.15, 0.2) is 0 Å². The molecule has 37 heavy (non-hydrogen) atoms. The van der Waals surface area contributed by atoms with Crippen LogP contribution >= 0.6 is 22.6 Å². The maximum atomic E-state index is 14.4. The molecule has 0 spiro atoms. The number of Topliss-reactive ketones (excluding diaryl/α,β-unsaturated/α-hetero) is 1. The number of hydrogen-bond donors (Lipinski definition) is 0. The van der Waals surface area contributed by atoms with Gasteiger partial charge in [0.05, 0.1) is 7.11 Å². The van der Waals surface area contributed by atoms with Crippen LogP contribution in [-0.2, 0) is 19.1 Å². The standard InChI is InChI=1S/C31H44IO4.Li/c1-25(2)11-14-30(24(35)36-8)15-12-29(7)23(19(30)18-25)20(33)17-21-27(29,5)13-16-31(32)26(3,4)22(34)9-10-28(21,31)6;/h17,23H,9-16,18H2,1-8H3;/q-1;+1/t23?,27-,28-,29-,30+,31-;/m1./s1. The van der Waals surface area contributed by atoms with Gasteiger partial charge in [-0.3, -0.25) is 20.3 Å². The molecule has 6 heteroatoms. The fraction of sp³-hybridized carbons (Fsp3) is 0.806. The summed E-state index contributed by atoms with van der Waals surface area (Å²) in [6.07, 6.45) is 9.51. The fourth-order valence-electron chi connectivity index (χ4n) is 9.79. The Balaban J connectivity index is 0.00000320. The molecular weight excluding hydrogens is 570 g/mol. The Morgan fingerprint density at radius 2 is 1.54 bits per heavy atom. The molecule has 5 rings (SSSR count). The minimum atomic E-state index is -0.628. The Labute approximate surface area is 249 Å². The second kappa shape index (κ2) is 8.69. The number of ketones is 2. The molecule has 4 nitrogen and oxygen atoms in total. The maximum absolute atomic E-state index is 14.4. The van der Waals surface area contributed by atoms with Crippen LogP contribution in [-0.4, -0.2) is 28.1 Å². The molecule has 5 aliphatic carbocycles. The molecule has 0 bridgehead atoms. The molecule has 0 aliphatic heterocycles. The monoisotopic (exact) mass is 614 g/mol. The summed E-state index contributed by atoms with van der Waals surface area (Å²) in [7, 11) is 1.50. The number of fused-ring (bicyclic) bond motifs is 7. The van der Waals surface area contributed by atoms with Crippen LogP contribution in [0.1, 0.15) is 106 Å². The molecule has 4 saturated carbocycles. The van der Waals surface area contributed by atoms with E-state index in [0.29, 0.717) is 12.2 Å². The van der Waals surface area contributed by atoms with Crippen molar-refractivity contribution < 1.29 is 38.0 Å². The van der Waals surface area contributed by atoms with Crippen molar-refractivity contribution in [3.63, 3.8) is 0 Å². The number of carbonyl (C=O) groups excluding carboxylic acids is 3. The minimum absolute atomic E-state index is 0. The normalized spacial score (nSPS) is 46.3. The summed E-state index contributed by atoms with van der Waals surface area (Å²) in [6.45, 7) is 15.9. The quantitative estimate of drug-likeness (QED) is 0.146. The van der Waals surface area contributed by atoms with Gasteiger partial charge < -0.3 is 4.74 Å². The molecule has 200 valence electrons. The summed E-state index contributed by atoms with van der Waals surface area (Å²) >= 11 is 2.61. The Bertz CT molecular complexity index is 1080.